The average Bonchev–Trinajstić information content (AvgIpc) is 2.92. The summed E-state index contributed by atoms with van der Waals surface area (Å²) in [5.74, 6) is 0. The second kappa shape index (κ2) is 6.53. The fourth-order valence-corrected chi connectivity index (χ4v) is 2.83. The molecule has 108 valence electrons. The lowest BCUT2D eigenvalue weighted by molar-refractivity contribution is 0.584. The molecule has 1 aromatic heterocycles. The van der Waals surface area contributed by atoms with Gasteiger partial charge in [0.25, 0.3) is 0 Å². The summed E-state index contributed by atoms with van der Waals surface area (Å²) >= 11 is 0. The van der Waals surface area contributed by atoms with E-state index in [1.54, 1.807) is 43.7 Å². The Morgan fingerprint density at radius 2 is 2.00 bits per heavy atom. The molecule has 2 aromatic rings. The summed E-state index contributed by atoms with van der Waals surface area (Å²) in [6.45, 7) is 2.89. The SMILES string of the molecule is CCNS(=O)(=O)c1ccc(NCCc2cnc[nH]2)cc1. The highest BCUT2D eigenvalue weighted by Crippen LogP contribution is 2.13. The summed E-state index contributed by atoms with van der Waals surface area (Å²) in [6, 6.07) is 6.71. The highest BCUT2D eigenvalue weighted by Gasteiger charge is 2.11. The molecule has 0 fully saturated rings. The zero-order chi connectivity index (χ0) is 14.4. The topological polar surface area (TPSA) is 86.9 Å². The normalized spacial score (nSPS) is 11.4. The lowest BCUT2D eigenvalue weighted by Gasteiger charge is -2.08. The molecule has 0 spiro atoms. The molecule has 0 unspecified atom stereocenters. The number of rotatable bonds is 7. The third-order valence-corrected chi connectivity index (χ3v) is 4.34. The van der Waals surface area contributed by atoms with Crippen LogP contribution in [0.5, 0.6) is 0 Å². The average molecular weight is 294 g/mol. The Labute approximate surface area is 118 Å². The number of sulfonamides is 1. The molecule has 3 N–H and O–H groups in total. The predicted octanol–water partition coefficient (Wildman–Crippen LogP) is 1.36. The van der Waals surface area contributed by atoms with Crippen molar-refractivity contribution in [3.05, 3.63) is 42.5 Å². The van der Waals surface area contributed by atoms with Gasteiger partial charge in [0.1, 0.15) is 0 Å². The number of nitrogens with zero attached hydrogens (tertiary/aromatic N) is 1. The van der Waals surface area contributed by atoms with Crippen molar-refractivity contribution >= 4 is 15.7 Å². The maximum atomic E-state index is 11.8. The van der Waals surface area contributed by atoms with Crippen molar-refractivity contribution in [1.82, 2.24) is 14.7 Å². The second-order valence-corrected chi connectivity index (χ2v) is 6.05. The number of hydrogen-bond donors (Lipinski definition) is 3. The van der Waals surface area contributed by atoms with Crippen LogP contribution in [0.3, 0.4) is 0 Å². The minimum Gasteiger partial charge on any atom is -0.385 e. The van der Waals surface area contributed by atoms with Crippen LogP contribution >= 0.6 is 0 Å². The number of aromatic amines is 1. The Bertz CT molecular complexity index is 621. The Morgan fingerprint density at radius 1 is 1.25 bits per heavy atom. The van der Waals surface area contributed by atoms with Crippen LogP contribution in [-0.2, 0) is 16.4 Å². The van der Waals surface area contributed by atoms with E-state index >= 15 is 0 Å². The molecular weight excluding hydrogens is 276 g/mol. The molecule has 6 nitrogen and oxygen atoms in total. The van der Waals surface area contributed by atoms with Crippen molar-refractivity contribution in [2.45, 2.75) is 18.2 Å². The molecule has 0 aliphatic rings. The number of hydrogen-bond acceptors (Lipinski definition) is 4. The highest BCUT2D eigenvalue weighted by molar-refractivity contribution is 7.89. The molecule has 1 heterocycles. The van der Waals surface area contributed by atoms with Gasteiger partial charge in [-0.3, -0.25) is 0 Å². The van der Waals surface area contributed by atoms with E-state index < -0.39 is 10.0 Å². The van der Waals surface area contributed by atoms with Gasteiger partial charge < -0.3 is 10.3 Å². The number of aromatic nitrogens is 2. The third-order valence-electron chi connectivity index (χ3n) is 2.78. The maximum Gasteiger partial charge on any atom is 0.240 e. The first-order valence-corrected chi connectivity index (χ1v) is 7.91. The molecule has 0 bridgehead atoms. The molecule has 7 heteroatoms. The van der Waals surface area contributed by atoms with Crippen molar-refractivity contribution < 1.29 is 8.42 Å². The third kappa shape index (κ3) is 3.82. The molecule has 20 heavy (non-hydrogen) atoms. The summed E-state index contributed by atoms with van der Waals surface area (Å²) in [5, 5.41) is 3.23. The predicted molar refractivity (Wildman–Crippen MR) is 78.1 cm³/mol. The van der Waals surface area contributed by atoms with Gasteiger partial charge in [-0.1, -0.05) is 6.92 Å². The summed E-state index contributed by atoms with van der Waals surface area (Å²) < 4.78 is 26.0. The monoisotopic (exact) mass is 294 g/mol. The van der Waals surface area contributed by atoms with E-state index in [9.17, 15) is 8.42 Å². The van der Waals surface area contributed by atoms with E-state index in [2.05, 4.69) is 20.0 Å². The minimum atomic E-state index is -3.37. The van der Waals surface area contributed by atoms with E-state index in [0.717, 1.165) is 24.3 Å². The molecule has 0 saturated heterocycles. The number of H-pyrrole nitrogens is 1. The van der Waals surface area contributed by atoms with Gasteiger partial charge >= 0.3 is 0 Å². The molecule has 0 atom stereocenters. The molecule has 0 aliphatic heterocycles. The first-order chi connectivity index (χ1) is 9.62. The lowest BCUT2D eigenvalue weighted by atomic mass is 10.3. The zero-order valence-electron chi connectivity index (χ0n) is 11.3. The molecule has 0 amide bonds. The lowest BCUT2D eigenvalue weighted by Crippen LogP contribution is -2.23. The number of benzene rings is 1. The smallest absolute Gasteiger partial charge is 0.240 e. The van der Waals surface area contributed by atoms with Crippen molar-refractivity contribution in [1.29, 1.82) is 0 Å². The van der Waals surface area contributed by atoms with E-state index in [0.29, 0.717) is 6.54 Å². The molecule has 1 aromatic carbocycles. The van der Waals surface area contributed by atoms with Gasteiger partial charge in [-0.2, -0.15) is 0 Å². The fraction of sp³-hybridized carbons (Fsp3) is 0.308. The first kappa shape index (κ1) is 14.5. The van der Waals surface area contributed by atoms with Gasteiger partial charge in [0.05, 0.1) is 11.2 Å². The van der Waals surface area contributed by atoms with Crippen LogP contribution in [0.25, 0.3) is 0 Å². The molecule has 0 aliphatic carbocycles. The summed E-state index contributed by atoms with van der Waals surface area (Å²) in [4.78, 5) is 7.25. The van der Waals surface area contributed by atoms with Gasteiger partial charge in [-0.25, -0.2) is 18.1 Å². The number of imidazole rings is 1. The van der Waals surface area contributed by atoms with E-state index in [1.165, 1.54) is 0 Å². The summed E-state index contributed by atoms with van der Waals surface area (Å²) in [7, 11) is -3.37. The van der Waals surface area contributed by atoms with E-state index in [1.807, 2.05) is 0 Å². The molecule has 2 rings (SSSR count). The van der Waals surface area contributed by atoms with E-state index in [-0.39, 0.29) is 4.90 Å². The minimum absolute atomic E-state index is 0.276. The fourth-order valence-electron chi connectivity index (χ4n) is 1.79. The van der Waals surface area contributed by atoms with Gasteiger partial charge in [0, 0.05) is 37.1 Å². The van der Waals surface area contributed by atoms with Crippen LogP contribution in [0, 0.1) is 0 Å². The largest absolute Gasteiger partial charge is 0.385 e. The number of anilines is 1. The van der Waals surface area contributed by atoms with Crippen LogP contribution in [0.1, 0.15) is 12.6 Å². The Kier molecular flexibility index (Phi) is 4.75. The maximum absolute atomic E-state index is 11.8. The van der Waals surface area contributed by atoms with Gasteiger partial charge in [-0.15, -0.1) is 0 Å². The zero-order valence-corrected chi connectivity index (χ0v) is 12.1. The Hall–Kier alpha value is -1.86. The molecule has 0 radical (unpaired) electrons. The van der Waals surface area contributed by atoms with E-state index in [4.69, 9.17) is 0 Å². The van der Waals surface area contributed by atoms with Crippen LogP contribution in [0.15, 0.2) is 41.7 Å². The van der Waals surface area contributed by atoms with Crippen molar-refractivity contribution in [2.24, 2.45) is 0 Å². The summed E-state index contributed by atoms with van der Waals surface area (Å²) in [5.41, 5.74) is 1.95. The Morgan fingerprint density at radius 3 is 2.60 bits per heavy atom. The quantitative estimate of drug-likeness (QED) is 0.719. The van der Waals surface area contributed by atoms with Crippen LogP contribution < -0.4 is 10.0 Å². The van der Waals surface area contributed by atoms with Crippen LogP contribution in [0.4, 0.5) is 5.69 Å². The van der Waals surface area contributed by atoms with Gasteiger partial charge in [0.15, 0.2) is 0 Å². The molecule has 0 saturated carbocycles. The second-order valence-electron chi connectivity index (χ2n) is 4.28. The highest BCUT2D eigenvalue weighted by atomic mass is 32.2. The van der Waals surface area contributed by atoms with Gasteiger partial charge in [0.2, 0.25) is 10.0 Å². The van der Waals surface area contributed by atoms with Crippen molar-refractivity contribution in [2.75, 3.05) is 18.4 Å². The van der Waals surface area contributed by atoms with Crippen LogP contribution in [-0.4, -0.2) is 31.5 Å². The van der Waals surface area contributed by atoms with Gasteiger partial charge in [-0.05, 0) is 24.3 Å². The number of nitrogens with one attached hydrogen (secondary N) is 3. The van der Waals surface area contributed by atoms with Crippen molar-refractivity contribution in [3.8, 4) is 0 Å². The Balaban J connectivity index is 1.91. The van der Waals surface area contributed by atoms with Crippen LogP contribution in [0.2, 0.25) is 0 Å². The first-order valence-electron chi connectivity index (χ1n) is 6.42. The standard InChI is InChI=1S/C13H18N4O2S/c1-2-17-20(18,19)13-5-3-11(4-6-13)15-8-7-12-9-14-10-16-12/h3-6,9-10,15,17H,2,7-8H2,1H3,(H,14,16). The summed E-state index contributed by atoms with van der Waals surface area (Å²) in [6.07, 6.45) is 4.26. The van der Waals surface area contributed by atoms with Crippen molar-refractivity contribution in [3.63, 3.8) is 0 Å². The molecular formula is C13H18N4O2S.